The Kier molecular flexibility index (Phi) is 5.07. The minimum absolute atomic E-state index is 0.275. The zero-order chi connectivity index (χ0) is 18.6. The summed E-state index contributed by atoms with van der Waals surface area (Å²) < 4.78 is 7.52. The van der Waals surface area contributed by atoms with Gasteiger partial charge in [0.15, 0.2) is 11.6 Å². The summed E-state index contributed by atoms with van der Waals surface area (Å²) in [6, 6.07) is 13.7. The summed E-state index contributed by atoms with van der Waals surface area (Å²) in [5.74, 6) is 1.39. The van der Waals surface area contributed by atoms with E-state index in [2.05, 4.69) is 40.4 Å². The van der Waals surface area contributed by atoms with Crippen LogP contribution in [0.1, 0.15) is 40.3 Å². The van der Waals surface area contributed by atoms with Crippen molar-refractivity contribution >= 4 is 11.7 Å². The molecule has 0 aliphatic carbocycles. The molecule has 0 bridgehead atoms. The first-order valence-corrected chi connectivity index (χ1v) is 9.37. The first kappa shape index (κ1) is 17.5. The van der Waals surface area contributed by atoms with Gasteiger partial charge in [-0.2, -0.15) is 5.10 Å². The van der Waals surface area contributed by atoms with E-state index in [4.69, 9.17) is 4.42 Å². The SMILES string of the molecule is Cc1cccc(Cn2ccc(NC(=O)c3ccc(CN4CCCC4)o3)n2)c1. The van der Waals surface area contributed by atoms with E-state index in [9.17, 15) is 4.79 Å². The molecule has 3 heterocycles. The number of hydrogen-bond acceptors (Lipinski definition) is 4. The standard InChI is InChI=1S/C21H24N4O2/c1-16-5-4-6-17(13-16)14-25-12-9-20(23-25)22-21(26)19-8-7-18(27-19)15-24-10-2-3-11-24/h4-9,12-13H,2-3,10-11,14-15H2,1H3,(H,22,23,26). The molecule has 0 unspecified atom stereocenters. The largest absolute Gasteiger partial charge is 0.455 e. The third-order valence-corrected chi connectivity index (χ3v) is 4.77. The number of nitrogens with zero attached hydrogens (tertiary/aromatic N) is 3. The Morgan fingerprint density at radius 3 is 2.81 bits per heavy atom. The van der Waals surface area contributed by atoms with Gasteiger partial charge in [-0.15, -0.1) is 0 Å². The molecule has 1 amide bonds. The highest BCUT2D eigenvalue weighted by Crippen LogP contribution is 2.16. The first-order valence-electron chi connectivity index (χ1n) is 9.37. The van der Waals surface area contributed by atoms with Crippen molar-refractivity contribution < 1.29 is 9.21 Å². The molecule has 1 saturated heterocycles. The van der Waals surface area contributed by atoms with Gasteiger partial charge in [0.25, 0.3) is 5.91 Å². The van der Waals surface area contributed by atoms with Crippen molar-refractivity contribution in [1.82, 2.24) is 14.7 Å². The van der Waals surface area contributed by atoms with Gasteiger partial charge in [0.05, 0.1) is 13.1 Å². The van der Waals surface area contributed by atoms with Crippen LogP contribution in [0.15, 0.2) is 53.1 Å². The predicted molar refractivity (Wildman–Crippen MR) is 104 cm³/mol. The number of carbonyl (C=O) groups excluding carboxylic acids is 1. The molecule has 1 fully saturated rings. The third kappa shape index (κ3) is 4.46. The molecule has 3 aromatic rings. The van der Waals surface area contributed by atoms with Crippen LogP contribution >= 0.6 is 0 Å². The highest BCUT2D eigenvalue weighted by Gasteiger charge is 2.16. The molecule has 0 atom stereocenters. The number of furan rings is 1. The average molecular weight is 364 g/mol. The lowest BCUT2D eigenvalue weighted by molar-refractivity contribution is 0.0993. The second-order valence-corrected chi connectivity index (χ2v) is 7.09. The van der Waals surface area contributed by atoms with Crippen LogP contribution < -0.4 is 5.32 Å². The highest BCUT2D eigenvalue weighted by atomic mass is 16.4. The zero-order valence-electron chi connectivity index (χ0n) is 15.5. The minimum atomic E-state index is -0.275. The molecule has 27 heavy (non-hydrogen) atoms. The van der Waals surface area contributed by atoms with Crippen LogP contribution in [0.2, 0.25) is 0 Å². The van der Waals surface area contributed by atoms with E-state index in [0.29, 0.717) is 18.1 Å². The number of hydrogen-bond donors (Lipinski definition) is 1. The van der Waals surface area contributed by atoms with Crippen LogP contribution in [0.3, 0.4) is 0 Å². The fourth-order valence-electron chi connectivity index (χ4n) is 3.44. The van der Waals surface area contributed by atoms with E-state index in [0.717, 1.165) is 25.4 Å². The van der Waals surface area contributed by atoms with Gasteiger partial charge in [-0.3, -0.25) is 14.4 Å². The molecule has 0 spiro atoms. The van der Waals surface area contributed by atoms with Crippen molar-refractivity contribution in [2.45, 2.75) is 32.9 Å². The van der Waals surface area contributed by atoms with Crippen molar-refractivity contribution in [1.29, 1.82) is 0 Å². The van der Waals surface area contributed by atoms with E-state index in [-0.39, 0.29) is 5.91 Å². The van der Waals surface area contributed by atoms with Crippen molar-refractivity contribution in [3.05, 3.63) is 71.3 Å². The summed E-state index contributed by atoms with van der Waals surface area (Å²) in [7, 11) is 0. The van der Waals surface area contributed by atoms with Crippen molar-refractivity contribution in [2.24, 2.45) is 0 Å². The lowest BCUT2D eigenvalue weighted by atomic mass is 10.1. The molecule has 6 nitrogen and oxygen atoms in total. The monoisotopic (exact) mass is 364 g/mol. The molecule has 0 saturated carbocycles. The number of carbonyl (C=O) groups is 1. The van der Waals surface area contributed by atoms with Crippen molar-refractivity contribution in [3.8, 4) is 0 Å². The second kappa shape index (κ2) is 7.80. The summed E-state index contributed by atoms with van der Waals surface area (Å²) in [4.78, 5) is 14.7. The Balaban J connectivity index is 1.35. The number of rotatable bonds is 6. The predicted octanol–water partition coefficient (Wildman–Crippen LogP) is 3.68. The number of aromatic nitrogens is 2. The fourth-order valence-corrected chi connectivity index (χ4v) is 3.44. The molecule has 2 aromatic heterocycles. The Labute approximate surface area is 158 Å². The molecule has 6 heteroatoms. The topological polar surface area (TPSA) is 63.3 Å². The van der Waals surface area contributed by atoms with Crippen LogP contribution in [0, 0.1) is 6.92 Å². The van der Waals surface area contributed by atoms with Gasteiger partial charge in [-0.25, -0.2) is 0 Å². The quantitative estimate of drug-likeness (QED) is 0.725. The average Bonchev–Trinajstić information content (AvgIpc) is 3.38. The van der Waals surface area contributed by atoms with Gasteiger partial charge >= 0.3 is 0 Å². The molecule has 4 rings (SSSR count). The van der Waals surface area contributed by atoms with Gasteiger partial charge in [0.2, 0.25) is 0 Å². The fraction of sp³-hybridized carbons (Fsp3) is 0.333. The summed E-state index contributed by atoms with van der Waals surface area (Å²) in [5.41, 5.74) is 2.39. The number of nitrogens with one attached hydrogen (secondary N) is 1. The lowest BCUT2D eigenvalue weighted by Gasteiger charge is -2.11. The number of benzene rings is 1. The van der Waals surface area contributed by atoms with Crippen LogP contribution in [0.5, 0.6) is 0 Å². The number of aryl methyl sites for hydroxylation is 1. The number of amides is 1. The summed E-state index contributed by atoms with van der Waals surface area (Å²) in [5, 5.41) is 7.23. The van der Waals surface area contributed by atoms with Gasteiger partial charge in [-0.05, 0) is 50.6 Å². The molecular formula is C21H24N4O2. The summed E-state index contributed by atoms with van der Waals surface area (Å²) >= 11 is 0. The maximum Gasteiger partial charge on any atom is 0.292 e. The Morgan fingerprint density at radius 1 is 1.15 bits per heavy atom. The van der Waals surface area contributed by atoms with Crippen LogP contribution in [-0.2, 0) is 13.1 Å². The summed E-state index contributed by atoms with van der Waals surface area (Å²) in [6.45, 7) is 5.69. The lowest BCUT2D eigenvalue weighted by Crippen LogP contribution is -2.18. The molecule has 1 aliphatic heterocycles. The van der Waals surface area contributed by atoms with E-state index in [1.165, 1.54) is 24.0 Å². The number of likely N-dealkylation sites (tertiary alicyclic amines) is 1. The third-order valence-electron chi connectivity index (χ3n) is 4.77. The van der Waals surface area contributed by atoms with Gasteiger partial charge < -0.3 is 9.73 Å². The first-order chi connectivity index (χ1) is 13.2. The van der Waals surface area contributed by atoms with Gasteiger partial charge in [0.1, 0.15) is 5.76 Å². The van der Waals surface area contributed by atoms with E-state index in [1.54, 1.807) is 12.1 Å². The van der Waals surface area contributed by atoms with Crippen LogP contribution in [0.4, 0.5) is 5.82 Å². The maximum atomic E-state index is 12.4. The maximum absolute atomic E-state index is 12.4. The van der Waals surface area contributed by atoms with E-state index >= 15 is 0 Å². The van der Waals surface area contributed by atoms with Gasteiger partial charge in [-0.1, -0.05) is 29.8 Å². The second-order valence-electron chi connectivity index (χ2n) is 7.09. The molecular weight excluding hydrogens is 340 g/mol. The molecule has 0 radical (unpaired) electrons. The summed E-state index contributed by atoms with van der Waals surface area (Å²) in [6.07, 6.45) is 4.33. The Hall–Kier alpha value is -2.86. The van der Waals surface area contributed by atoms with Crippen LogP contribution in [-0.4, -0.2) is 33.7 Å². The van der Waals surface area contributed by atoms with Gasteiger partial charge in [0, 0.05) is 12.3 Å². The molecule has 1 N–H and O–H groups in total. The molecule has 140 valence electrons. The van der Waals surface area contributed by atoms with E-state index in [1.807, 2.05) is 23.0 Å². The Morgan fingerprint density at radius 2 is 2.00 bits per heavy atom. The van der Waals surface area contributed by atoms with E-state index < -0.39 is 0 Å². The van der Waals surface area contributed by atoms with Crippen molar-refractivity contribution in [3.63, 3.8) is 0 Å². The van der Waals surface area contributed by atoms with Crippen molar-refractivity contribution in [2.75, 3.05) is 18.4 Å². The number of anilines is 1. The van der Waals surface area contributed by atoms with Crippen LogP contribution in [0.25, 0.3) is 0 Å². The zero-order valence-corrected chi connectivity index (χ0v) is 15.5. The normalized spacial score (nSPS) is 14.6. The minimum Gasteiger partial charge on any atom is -0.455 e. The Bertz CT molecular complexity index is 922. The smallest absolute Gasteiger partial charge is 0.292 e. The molecule has 1 aromatic carbocycles. The highest BCUT2D eigenvalue weighted by molar-refractivity contribution is 6.01. The molecule has 1 aliphatic rings.